The second-order valence-electron chi connectivity index (χ2n) is 7.55. The zero-order valence-electron chi connectivity index (χ0n) is 15.3. The van der Waals surface area contributed by atoms with Gasteiger partial charge in [-0.15, -0.1) is 0 Å². The van der Waals surface area contributed by atoms with E-state index in [0.717, 1.165) is 48.5 Å². The first-order valence-electron chi connectivity index (χ1n) is 9.31. The van der Waals surface area contributed by atoms with Crippen LogP contribution in [0.5, 0.6) is 0 Å². The second-order valence-corrected chi connectivity index (χ2v) is 7.55. The normalized spacial score (nSPS) is 20.8. The molecule has 4 rings (SSSR count). The first kappa shape index (κ1) is 17.0. The van der Waals surface area contributed by atoms with Gasteiger partial charge in [-0.1, -0.05) is 19.9 Å². The molecule has 0 aliphatic carbocycles. The van der Waals surface area contributed by atoms with E-state index in [1.165, 1.54) is 0 Å². The Morgan fingerprint density at radius 3 is 3.00 bits per heavy atom. The van der Waals surface area contributed by atoms with Gasteiger partial charge in [-0.05, 0) is 43.0 Å². The number of hydrogen-bond acceptors (Lipinski definition) is 5. The maximum absolute atomic E-state index is 10.3. The van der Waals surface area contributed by atoms with E-state index in [1.807, 2.05) is 30.3 Å². The van der Waals surface area contributed by atoms with Crippen LogP contribution in [-0.2, 0) is 0 Å². The summed E-state index contributed by atoms with van der Waals surface area (Å²) < 4.78 is 0. The summed E-state index contributed by atoms with van der Waals surface area (Å²) in [6, 6.07) is 9.99. The Kier molecular flexibility index (Phi) is 4.59. The summed E-state index contributed by atoms with van der Waals surface area (Å²) in [7, 11) is 0. The molecule has 0 aromatic carbocycles. The van der Waals surface area contributed by atoms with Crippen LogP contribution < -0.4 is 4.90 Å². The predicted molar refractivity (Wildman–Crippen MR) is 103 cm³/mol. The number of aliphatic hydroxyl groups excluding tert-OH is 1. The van der Waals surface area contributed by atoms with Crippen LogP contribution in [0.3, 0.4) is 0 Å². The molecule has 0 saturated carbocycles. The molecule has 136 valence electrons. The van der Waals surface area contributed by atoms with Crippen molar-refractivity contribution < 1.29 is 5.11 Å². The molecule has 0 amide bonds. The highest BCUT2D eigenvalue weighted by Crippen LogP contribution is 2.29. The topological polar surface area (TPSA) is 77.9 Å². The van der Waals surface area contributed by atoms with Gasteiger partial charge in [-0.25, -0.2) is 9.97 Å². The van der Waals surface area contributed by atoms with Crippen molar-refractivity contribution in [1.82, 2.24) is 20.2 Å². The summed E-state index contributed by atoms with van der Waals surface area (Å²) >= 11 is 0. The lowest BCUT2D eigenvalue weighted by atomic mass is 9.87. The molecule has 1 fully saturated rings. The van der Waals surface area contributed by atoms with Gasteiger partial charge in [0, 0.05) is 30.6 Å². The molecule has 0 bridgehead atoms. The number of aromatic nitrogens is 4. The van der Waals surface area contributed by atoms with E-state index in [2.05, 4.69) is 33.9 Å². The van der Waals surface area contributed by atoms with Gasteiger partial charge < -0.3 is 10.0 Å². The van der Waals surface area contributed by atoms with E-state index in [9.17, 15) is 5.11 Å². The summed E-state index contributed by atoms with van der Waals surface area (Å²) in [5, 5.41) is 18.7. The molecule has 0 radical (unpaired) electrons. The summed E-state index contributed by atoms with van der Waals surface area (Å²) in [4.78, 5) is 11.4. The molecule has 6 heteroatoms. The van der Waals surface area contributed by atoms with Crippen molar-refractivity contribution in [2.24, 2.45) is 11.8 Å². The van der Waals surface area contributed by atoms with Crippen LogP contribution in [0.1, 0.15) is 26.7 Å². The zero-order chi connectivity index (χ0) is 18.1. The number of H-pyrrole nitrogens is 1. The molecule has 3 aromatic heterocycles. The quantitative estimate of drug-likeness (QED) is 0.754. The van der Waals surface area contributed by atoms with E-state index in [0.29, 0.717) is 17.5 Å². The maximum Gasteiger partial charge on any atom is 0.181 e. The van der Waals surface area contributed by atoms with E-state index in [-0.39, 0.29) is 6.10 Å². The molecule has 4 heterocycles. The lowest BCUT2D eigenvalue weighted by Crippen LogP contribution is -2.44. The van der Waals surface area contributed by atoms with Crippen LogP contribution >= 0.6 is 0 Å². The molecule has 2 atom stereocenters. The Hall–Kier alpha value is -2.47. The Morgan fingerprint density at radius 1 is 1.27 bits per heavy atom. The van der Waals surface area contributed by atoms with E-state index >= 15 is 0 Å². The van der Waals surface area contributed by atoms with E-state index in [4.69, 9.17) is 4.98 Å². The number of pyridine rings is 2. The molecular formula is C20H25N5O. The van der Waals surface area contributed by atoms with Crippen molar-refractivity contribution >= 4 is 16.9 Å². The molecule has 1 aliphatic heterocycles. The molecule has 1 aliphatic rings. The number of anilines is 1. The van der Waals surface area contributed by atoms with Gasteiger partial charge in [0.1, 0.15) is 5.82 Å². The van der Waals surface area contributed by atoms with Gasteiger partial charge in [0.05, 0.1) is 17.5 Å². The number of piperidine rings is 1. The lowest BCUT2D eigenvalue weighted by molar-refractivity contribution is 0.0764. The van der Waals surface area contributed by atoms with Crippen LogP contribution in [0.2, 0.25) is 0 Å². The summed E-state index contributed by atoms with van der Waals surface area (Å²) in [5.41, 5.74) is 2.46. The van der Waals surface area contributed by atoms with Crippen LogP contribution in [0.25, 0.3) is 22.4 Å². The molecule has 0 spiro atoms. The fourth-order valence-corrected chi connectivity index (χ4v) is 3.85. The molecule has 6 nitrogen and oxygen atoms in total. The Bertz CT molecular complexity index is 891. The van der Waals surface area contributed by atoms with Gasteiger partial charge in [0.2, 0.25) is 0 Å². The smallest absolute Gasteiger partial charge is 0.181 e. The fourth-order valence-electron chi connectivity index (χ4n) is 3.85. The third-order valence-corrected chi connectivity index (χ3v) is 5.11. The number of hydrogen-bond donors (Lipinski definition) is 2. The van der Waals surface area contributed by atoms with Crippen molar-refractivity contribution in [3.63, 3.8) is 0 Å². The number of nitrogens with zero attached hydrogens (tertiary/aromatic N) is 4. The third-order valence-electron chi connectivity index (χ3n) is 5.11. The maximum atomic E-state index is 10.3. The van der Waals surface area contributed by atoms with Gasteiger partial charge in [0.25, 0.3) is 0 Å². The van der Waals surface area contributed by atoms with Crippen molar-refractivity contribution in [2.75, 3.05) is 18.0 Å². The number of nitrogens with one attached hydrogen (secondary N) is 1. The standard InChI is InChI=1S/C20H25N5O/c1-13(2)11-14-12-25(10-8-17(14)26)18-7-3-6-16(22-18)19-15-5-4-9-21-20(15)24-23-19/h3-7,9,13-14,17,26H,8,10-12H2,1-2H3,(H,21,23,24)/t14-,17-/m0/s1. The number of aromatic amines is 1. The Morgan fingerprint density at radius 2 is 2.15 bits per heavy atom. The molecule has 3 aromatic rings. The van der Waals surface area contributed by atoms with Crippen LogP contribution in [0, 0.1) is 11.8 Å². The van der Waals surface area contributed by atoms with Gasteiger partial charge >= 0.3 is 0 Å². The monoisotopic (exact) mass is 351 g/mol. The van der Waals surface area contributed by atoms with Crippen molar-refractivity contribution in [2.45, 2.75) is 32.8 Å². The van der Waals surface area contributed by atoms with Crippen molar-refractivity contribution in [3.05, 3.63) is 36.5 Å². The SMILES string of the molecule is CC(C)C[C@H]1CN(c2cccc(-c3[nH]nc4ncccc34)n2)CC[C@@H]1O. The van der Waals surface area contributed by atoms with Crippen LogP contribution in [0.4, 0.5) is 5.82 Å². The molecular weight excluding hydrogens is 326 g/mol. The molecule has 1 saturated heterocycles. The Labute approximate surface area is 153 Å². The minimum atomic E-state index is -0.209. The summed E-state index contributed by atoms with van der Waals surface area (Å²) in [6.45, 7) is 6.10. The highest BCUT2D eigenvalue weighted by molar-refractivity contribution is 5.89. The minimum Gasteiger partial charge on any atom is -0.393 e. The average Bonchev–Trinajstić information content (AvgIpc) is 3.07. The number of fused-ring (bicyclic) bond motifs is 1. The predicted octanol–water partition coefficient (Wildman–Crippen LogP) is 3.25. The van der Waals surface area contributed by atoms with Gasteiger partial charge in [-0.3, -0.25) is 5.10 Å². The number of aliphatic hydroxyl groups is 1. The minimum absolute atomic E-state index is 0.209. The van der Waals surface area contributed by atoms with Crippen LogP contribution in [0.15, 0.2) is 36.5 Å². The molecule has 0 unspecified atom stereocenters. The van der Waals surface area contributed by atoms with Crippen molar-refractivity contribution in [3.8, 4) is 11.4 Å². The van der Waals surface area contributed by atoms with Crippen molar-refractivity contribution in [1.29, 1.82) is 0 Å². The van der Waals surface area contributed by atoms with E-state index < -0.39 is 0 Å². The number of rotatable bonds is 4. The largest absolute Gasteiger partial charge is 0.393 e. The zero-order valence-corrected chi connectivity index (χ0v) is 15.3. The highest BCUT2D eigenvalue weighted by atomic mass is 16.3. The third kappa shape index (κ3) is 3.29. The molecule has 26 heavy (non-hydrogen) atoms. The molecule has 2 N–H and O–H groups in total. The van der Waals surface area contributed by atoms with Gasteiger partial charge in [-0.2, -0.15) is 5.10 Å². The summed E-state index contributed by atoms with van der Waals surface area (Å²) in [6.07, 6.45) is 3.36. The fraction of sp³-hybridized carbons (Fsp3) is 0.450. The first-order valence-corrected chi connectivity index (χ1v) is 9.31. The van der Waals surface area contributed by atoms with Gasteiger partial charge in [0.15, 0.2) is 5.65 Å². The average molecular weight is 351 g/mol. The lowest BCUT2D eigenvalue weighted by Gasteiger charge is -2.37. The van der Waals surface area contributed by atoms with Crippen LogP contribution in [-0.4, -0.2) is 44.5 Å². The highest BCUT2D eigenvalue weighted by Gasteiger charge is 2.29. The Balaban J connectivity index is 1.61. The second kappa shape index (κ2) is 7.03. The summed E-state index contributed by atoms with van der Waals surface area (Å²) in [5.74, 6) is 1.83. The van der Waals surface area contributed by atoms with E-state index in [1.54, 1.807) is 6.20 Å². The first-order chi connectivity index (χ1) is 12.6.